The summed E-state index contributed by atoms with van der Waals surface area (Å²) < 4.78 is 7.25. The molecule has 4 aromatic rings. The molecule has 0 saturated carbocycles. The van der Waals surface area contributed by atoms with Crippen LogP contribution in [-0.2, 0) is 15.1 Å². The SMILES string of the molecule is CC1=C[C@](c2ccc(Br)cc2)([C@@H](c2ccccc2)c2c(C)[nH]c3ccccc23)OC1=O. The Hall–Kier alpha value is -3.11. The van der Waals surface area contributed by atoms with Crippen LogP contribution in [0.2, 0.25) is 0 Å². The van der Waals surface area contributed by atoms with Crippen molar-refractivity contribution in [2.45, 2.75) is 25.4 Å². The zero-order chi connectivity index (χ0) is 21.6. The van der Waals surface area contributed by atoms with Crippen molar-refractivity contribution in [1.82, 2.24) is 4.98 Å². The second-order valence-electron chi connectivity index (χ2n) is 8.07. The van der Waals surface area contributed by atoms with Gasteiger partial charge in [0.15, 0.2) is 5.60 Å². The van der Waals surface area contributed by atoms with Gasteiger partial charge in [-0.3, -0.25) is 0 Å². The van der Waals surface area contributed by atoms with Gasteiger partial charge in [-0.15, -0.1) is 0 Å². The monoisotopic (exact) mass is 471 g/mol. The molecule has 31 heavy (non-hydrogen) atoms. The van der Waals surface area contributed by atoms with E-state index < -0.39 is 5.60 Å². The fourth-order valence-corrected chi connectivity index (χ4v) is 5.01. The largest absolute Gasteiger partial charge is 0.445 e. The van der Waals surface area contributed by atoms with Crippen molar-refractivity contribution < 1.29 is 9.53 Å². The van der Waals surface area contributed by atoms with Gasteiger partial charge in [0.1, 0.15) is 0 Å². The first kappa shape index (κ1) is 19.8. The number of aryl methyl sites for hydroxylation is 1. The average Bonchev–Trinajstić information content (AvgIpc) is 3.26. The number of esters is 1. The van der Waals surface area contributed by atoms with E-state index in [1.54, 1.807) is 0 Å². The molecule has 0 amide bonds. The van der Waals surface area contributed by atoms with Gasteiger partial charge in [-0.2, -0.15) is 0 Å². The van der Waals surface area contributed by atoms with Gasteiger partial charge in [-0.25, -0.2) is 4.79 Å². The lowest BCUT2D eigenvalue weighted by Crippen LogP contribution is -2.34. The number of aromatic amines is 1. The first-order valence-electron chi connectivity index (χ1n) is 10.3. The highest BCUT2D eigenvalue weighted by atomic mass is 79.9. The molecule has 0 radical (unpaired) electrons. The number of hydrogen-bond acceptors (Lipinski definition) is 2. The van der Waals surface area contributed by atoms with E-state index in [0.717, 1.165) is 37.8 Å². The normalized spacial score (nSPS) is 19.3. The maximum absolute atomic E-state index is 12.8. The number of H-pyrrole nitrogens is 1. The predicted molar refractivity (Wildman–Crippen MR) is 127 cm³/mol. The van der Waals surface area contributed by atoms with Crippen LogP contribution in [-0.4, -0.2) is 11.0 Å². The van der Waals surface area contributed by atoms with E-state index in [9.17, 15) is 4.79 Å². The van der Waals surface area contributed by atoms with Crippen LogP contribution in [0.1, 0.15) is 35.2 Å². The van der Waals surface area contributed by atoms with Gasteiger partial charge >= 0.3 is 5.97 Å². The number of cyclic esters (lactones) is 1. The molecular formula is C27H22BrNO2. The second kappa shape index (κ2) is 7.54. The molecule has 1 aliphatic heterocycles. The predicted octanol–water partition coefficient (Wildman–Crippen LogP) is 6.77. The smallest absolute Gasteiger partial charge is 0.334 e. The van der Waals surface area contributed by atoms with E-state index in [2.05, 4.69) is 58.2 Å². The molecule has 0 bridgehead atoms. The van der Waals surface area contributed by atoms with Crippen LogP contribution in [0.4, 0.5) is 0 Å². The number of hydrogen-bond donors (Lipinski definition) is 1. The molecule has 154 valence electrons. The van der Waals surface area contributed by atoms with Gasteiger partial charge in [0, 0.05) is 32.2 Å². The number of halogens is 1. The number of benzene rings is 3. The lowest BCUT2D eigenvalue weighted by molar-refractivity contribution is -0.148. The first-order chi connectivity index (χ1) is 15.0. The Morgan fingerprint density at radius 2 is 1.58 bits per heavy atom. The summed E-state index contributed by atoms with van der Waals surface area (Å²) in [5.41, 5.74) is 5.01. The van der Waals surface area contributed by atoms with Crippen molar-refractivity contribution in [3.8, 4) is 0 Å². The third kappa shape index (κ3) is 3.22. The maximum atomic E-state index is 12.8. The van der Waals surface area contributed by atoms with E-state index in [4.69, 9.17) is 4.74 Å². The van der Waals surface area contributed by atoms with Gasteiger partial charge in [0.25, 0.3) is 0 Å². The Kier molecular flexibility index (Phi) is 4.82. The van der Waals surface area contributed by atoms with E-state index >= 15 is 0 Å². The number of para-hydroxylation sites is 1. The summed E-state index contributed by atoms with van der Waals surface area (Å²) in [5.74, 6) is -0.492. The quantitative estimate of drug-likeness (QED) is 0.333. The van der Waals surface area contributed by atoms with Gasteiger partial charge in [0.2, 0.25) is 0 Å². The molecule has 0 fully saturated rings. The summed E-state index contributed by atoms with van der Waals surface area (Å²) >= 11 is 3.53. The van der Waals surface area contributed by atoms with Crippen LogP contribution >= 0.6 is 15.9 Å². The molecule has 5 rings (SSSR count). The third-order valence-electron chi connectivity index (χ3n) is 6.10. The number of carbonyl (C=O) groups excluding carboxylic acids is 1. The van der Waals surface area contributed by atoms with Gasteiger partial charge in [-0.1, -0.05) is 76.6 Å². The molecule has 2 heterocycles. The maximum Gasteiger partial charge on any atom is 0.334 e. The Balaban J connectivity index is 1.86. The molecule has 2 atom stereocenters. The van der Waals surface area contributed by atoms with Crippen LogP contribution in [0, 0.1) is 6.92 Å². The minimum absolute atomic E-state index is 0.215. The molecule has 0 unspecified atom stereocenters. The van der Waals surface area contributed by atoms with Crippen molar-refractivity contribution in [3.63, 3.8) is 0 Å². The van der Waals surface area contributed by atoms with Gasteiger partial charge in [-0.05, 0) is 49.2 Å². The minimum Gasteiger partial charge on any atom is -0.445 e. The van der Waals surface area contributed by atoms with Crippen molar-refractivity contribution in [1.29, 1.82) is 0 Å². The lowest BCUT2D eigenvalue weighted by atomic mass is 9.72. The Morgan fingerprint density at radius 3 is 2.26 bits per heavy atom. The van der Waals surface area contributed by atoms with Crippen LogP contribution in [0.15, 0.2) is 95.0 Å². The fraction of sp³-hybridized carbons (Fsp3) is 0.148. The van der Waals surface area contributed by atoms with E-state index in [1.165, 1.54) is 0 Å². The molecule has 1 aliphatic rings. The molecule has 1 aromatic heterocycles. The first-order valence-corrected chi connectivity index (χ1v) is 11.1. The van der Waals surface area contributed by atoms with Crippen molar-refractivity contribution in [2.75, 3.05) is 0 Å². The van der Waals surface area contributed by atoms with E-state index in [0.29, 0.717) is 5.57 Å². The van der Waals surface area contributed by atoms with Crippen LogP contribution in [0.25, 0.3) is 10.9 Å². The fourth-order valence-electron chi connectivity index (χ4n) is 4.75. The third-order valence-corrected chi connectivity index (χ3v) is 6.63. The summed E-state index contributed by atoms with van der Waals surface area (Å²) in [7, 11) is 0. The highest BCUT2D eigenvalue weighted by Crippen LogP contribution is 2.51. The molecule has 4 heteroatoms. The molecule has 1 N–H and O–H groups in total. The van der Waals surface area contributed by atoms with Crippen molar-refractivity contribution in [2.24, 2.45) is 0 Å². The minimum atomic E-state index is -0.945. The Labute approximate surface area is 189 Å². The zero-order valence-corrected chi connectivity index (χ0v) is 18.9. The summed E-state index contributed by atoms with van der Waals surface area (Å²) in [5, 5.41) is 1.14. The molecule has 0 aliphatic carbocycles. The van der Waals surface area contributed by atoms with Crippen LogP contribution in [0.5, 0.6) is 0 Å². The number of rotatable bonds is 4. The standard InChI is InChI=1S/C27H22BrNO2/c1-17-16-27(31-26(17)30,20-12-14-21(28)15-13-20)25(19-8-4-3-5-9-19)24-18(2)29-23-11-7-6-10-22(23)24/h3-16,25,29H,1-2H3/t25-,27-/m0/s1. The average molecular weight is 472 g/mol. The second-order valence-corrected chi connectivity index (χ2v) is 8.99. The number of nitrogens with one attached hydrogen (secondary N) is 1. The molecule has 3 nitrogen and oxygen atoms in total. The number of ether oxygens (including phenoxy) is 1. The highest BCUT2D eigenvalue weighted by molar-refractivity contribution is 9.10. The summed E-state index contributed by atoms with van der Waals surface area (Å²) in [4.78, 5) is 16.3. The molecular weight excluding hydrogens is 450 g/mol. The van der Waals surface area contributed by atoms with Gasteiger partial charge in [0.05, 0.1) is 5.92 Å². The van der Waals surface area contributed by atoms with Crippen molar-refractivity contribution >= 4 is 32.8 Å². The summed E-state index contributed by atoms with van der Waals surface area (Å²) in [6.45, 7) is 3.92. The van der Waals surface area contributed by atoms with E-state index in [-0.39, 0.29) is 11.9 Å². The Morgan fingerprint density at radius 1 is 0.903 bits per heavy atom. The number of carbonyl (C=O) groups is 1. The zero-order valence-electron chi connectivity index (χ0n) is 17.4. The van der Waals surface area contributed by atoms with Gasteiger partial charge < -0.3 is 9.72 Å². The summed E-state index contributed by atoms with van der Waals surface area (Å²) in [6, 6.07) is 26.7. The summed E-state index contributed by atoms with van der Waals surface area (Å²) in [6.07, 6.45) is 2.00. The van der Waals surface area contributed by atoms with Crippen LogP contribution in [0.3, 0.4) is 0 Å². The number of aromatic nitrogens is 1. The lowest BCUT2D eigenvalue weighted by Gasteiger charge is -2.36. The van der Waals surface area contributed by atoms with E-state index in [1.807, 2.05) is 61.5 Å². The van der Waals surface area contributed by atoms with Crippen molar-refractivity contribution in [3.05, 3.63) is 117 Å². The highest BCUT2D eigenvalue weighted by Gasteiger charge is 2.49. The molecule has 0 saturated heterocycles. The Bertz CT molecular complexity index is 1300. The molecule has 0 spiro atoms. The number of fused-ring (bicyclic) bond motifs is 1. The van der Waals surface area contributed by atoms with Crippen LogP contribution < -0.4 is 0 Å². The topological polar surface area (TPSA) is 42.1 Å². The molecule has 3 aromatic carbocycles.